The van der Waals surface area contributed by atoms with Crippen LogP contribution in [0.2, 0.25) is 0 Å². The fourth-order valence-corrected chi connectivity index (χ4v) is 2.87. The summed E-state index contributed by atoms with van der Waals surface area (Å²) in [5, 5.41) is 2.78. The van der Waals surface area contributed by atoms with E-state index in [1.165, 1.54) is 11.4 Å². The van der Waals surface area contributed by atoms with Crippen LogP contribution in [0.4, 0.5) is 11.4 Å². The van der Waals surface area contributed by atoms with Gasteiger partial charge in [0, 0.05) is 11.5 Å². The first kappa shape index (κ1) is 19.3. The van der Waals surface area contributed by atoms with Gasteiger partial charge in [-0.2, -0.15) is 0 Å². The highest BCUT2D eigenvalue weighted by atomic mass is 79.9. The summed E-state index contributed by atoms with van der Waals surface area (Å²) in [7, 11) is -1.85. The number of nitrogens with one attached hydrogen (secondary N) is 1. The van der Waals surface area contributed by atoms with Crippen LogP contribution < -0.4 is 14.4 Å². The summed E-state index contributed by atoms with van der Waals surface area (Å²) >= 11 is 3.37. The number of hydrogen-bond acceptors (Lipinski definition) is 4. The average molecular weight is 427 g/mol. The third-order valence-corrected chi connectivity index (χ3v) is 5.41. The Balaban J connectivity index is 2.02. The Morgan fingerprint density at radius 3 is 2.32 bits per heavy atom. The van der Waals surface area contributed by atoms with Gasteiger partial charge in [-0.3, -0.25) is 9.10 Å². The molecule has 6 nitrogen and oxygen atoms in total. The molecule has 0 aliphatic heterocycles. The predicted octanol–water partition coefficient (Wildman–Crippen LogP) is 3.25. The van der Waals surface area contributed by atoms with Gasteiger partial charge in [-0.1, -0.05) is 12.1 Å². The molecule has 8 heteroatoms. The quantitative estimate of drug-likeness (QED) is 0.768. The zero-order chi connectivity index (χ0) is 18.6. The number of sulfonamides is 1. The second-order valence-electron chi connectivity index (χ2n) is 5.45. The van der Waals surface area contributed by atoms with E-state index in [4.69, 9.17) is 4.74 Å². The molecule has 0 unspecified atom stereocenters. The number of nitrogens with zero attached hydrogens (tertiary/aromatic N) is 1. The van der Waals surface area contributed by atoms with E-state index in [1.54, 1.807) is 37.3 Å². The van der Waals surface area contributed by atoms with E-state index in [0.29, 0.717) is 17.1 Å². The number of hydrogen-bond donors (Lipinski definition) is 1. The van der Waals surface area contributed by atoms with Crippen molar-refractivity contribution in [2.75, 3.05) is 22.9 Å². The Kier molecular flexibility index (Phi) is 6.07. The van der Waals surface area contributed by atoms with Crippen LogP contribution in [0.1, 0.15) is 6.92 Å². The lowest BCUT2D eigenvalue weighted by atomic mass is 10.3. The molecule has 1 amide bonds. The van der Waals surface area contributed by atoms with Crippen LogP contribution in [0.3, 0.4) is 0 Å². The molecule has 1 atom stereocenters. The zero-order valence-electron chi connectivity index (χ0n) is 14.1. The predicted molar refractivity (Wildman–Crippen MR) is 103 cm³/mol. The molecule has 0 radical (unpaired) electrons. The van der Waals surface area contributed by atoms with Crippen LogP contribution in [0, 0.1) is 0 Å². The summed E-state index contributed by atoms with van der Waals surface area (Å²) in [5.41, 5.74) is 1.17. The monoisotopic (exact) mass is 426 g/mol. The molecule has 0 fully saturated rings. The van der Waals surface area contributed by atoms with Crippen LogP contribution in [-0.2, 0) is 14.8 Å². The van der Waals surface area contributed by atoms with E-state index in [9.17, 15) is 13.2 Å². The van der Waals surface area contributed by atoms with Gasteiger partial charge in [0.2, 0.25) is 10.0 Å². The number of para-hydroxylation sites is 1. The summed E-state index contributed by atoms with van der Waals surface area (Å²) in [6, 6.07) is 13.8. The van der Waals surface area contributed by atoms with Crippen LogP contribution in [0.15, 0.2) is 53.0 Å². The maximum absolute atomic E-state index is 12.2. The molecule has 0 aromatic heterocycles. The second kappa shape index (κ2) is 7.88. The van der Waals surface area contributed by atoms with Crippen LogP contribution in [0.25, 0.3) is 0 Å². The number of benzene rings is 2. The van der Waals surface area contributed by atoms with Crippen molar-refractivity contribution in [2.24, 2.45) is 0 Å². The molecule has 134 valence electrons. The van der Waals surface area contributed by atoms with E-state index in [2.05, 4.69) is 21.2 Å². The van der Waals surface area contributed by atoms with Crippen molar-refractivity contribution >= 4 is 43.2 Å². The normalized spacial score (nSPS) is 12.3. The number of ether oxygens (including phenoxy) is 1. The van der Waals surface area contributed by atoms with E-state index < -0.39 is 16.1 Å². The molecule has 0 heterocycles. The molecule has 0 aliphatic carbocycles. The van der Waals surface area contributed by atoms with Crippen molar-refractivity contribution in [2.45, 2.75) is 13.0 Å². The summed E-state index contributed by atoms with van der Waals surface area (Å²) < 4.78 is 30.6. The zero-order valence-corrected chi connectivity index (χ0v) is 16.5. The fraction of sp³-hybridized carbons (Fsp3) is 0.235. The molecular formula is C17H19BrN2O4S. The minimum atomic E-state index is -3.32. The summed E-state index contributed by atoms with van der Waals surface area (Å²) in [4.78, 5) is 12.2. The maximum Gasteiger partial charge on any atom is 0.265 e. The third-order valence-electron chi connectivity index (χ3n) is 3.51. The van der Waals surface area contributed by atoms with E-state index in [1.807, 2.05) is 18.2 Å². The SMILES string of the molecule is C[C@H](Oc1ccc(N(C)S(C)(=O)=O)cc1)C(=O)Nc1ccccc1Br. The van der Waals surface area contributed by atoms with Crippen LogP contribution >= 0.6 is 15.9 Å². The first-order valence-corrected chi connectivity index (χ1v) is 10.1. The van der Waals surface area contributed by atoms with Crippen molar-refractivity contribution in [1.82, 2.24) is 0 Å². The van der Waals surface area contributed by atoms with Gasteiger partial charge in [0.15, 0.2) is 6.10 Å². The maximum atomic E-state index is 12.2. The smallest absolute Gasteiger partial charge is 0.265 e. The highest BCUT2D eigenvalue weighted by Crippen LogP contribution is 2.23. The lowest BCUT2D eigenvalue weighted by Gasteiger charge is -2.18. The molecule has 0 bridgehead atoms. The van der Waals surface area contributed by atoms with E-state index in [0.717, 1.165) is 10.7 Å². The van der Waals surface area contributed by atoms with E-state index >= 15 is 0 Å². The van der Waals surface area contributed by atoms with Crippen molar-refractivity contribution in [3.8, 4) is 5.75 Å². The summed E-state index contributed by atoms with van der Waals surface area (Å²) in [5.74, 6) is 0.185. The standard InChI is InChI=1S/C17H19BrN2O4S/c1-12(17(21)19-16-7-5-4-6-15(16)18)24-14-10-8-13(9-11-14)20(2)25(3,22)23/h4-12H,1-3H3,(H,19,21)/t12-/m0/s1. The Hall–Kier alpha value is -2.06. The van der Waals surface area contributed by atoms with Crippen molar-refractivity contribution in [1.29, 1.82) is 0 Å². The van der Waals surface area contributed by atoms with Gasteiger partial charge < -0.3 is 10.1 Å². The van der Waals surface area contributed by atoms with E-state index in [-0.39, 0.29) is 5.91 Å². The number of halogens is 1. The number of anilines is 2. The first-order valence-electron chi connectivity index (χ1n) is 7.44. The van der Waals surface area contributed by atoms with Crippen molar-refractivity contribution < 1.29 is 17.9 Å². The van der Waals surface area contributed by atoms with Crippen molar-refractivity contribution in [3.63, 3.8) is 0 Å². The van der Waals surface area contributed by atoms with Gasteiger partial charge in [0.1, 0.15) is 5.75 Å². The number of carbonyl (C=O) groups is 1. The summed E-state index contributed by atoms with van der Waals surface area (Å²) in [6.07, 6.45) is 0.413. The molecule has 0 saturated carbocycles. The van der Waals surface area contributed by atoms with Gasteiger partial charge in [-0.25, -0.2) is 8.42 Å². The molecule has 2 aromatic rings. The highest BCUT2D eigenvalue weighted by molar-refractivity contribution is 9.10. The number of carbonyl (C=O) groups excluding carboxylic acids is 1. The highest BCUT2D eigenvalue weighted by Gasteiger charge is 2.17. The molecule has 25 heavy (non-hydrogen) atoms. The molecule has 0 saturated heterocycles. The number of amides is 1. The van der Waals surface area contributed by atoms with Crippen LogP contribution in [-0.4, -0.2) is 33.7 Å². The molecule has 0 aliphatic rings. The Morgan fingerprint density at radius 1 is 1.16 bits per heavy atom. The lowest BCUT2D eigenvalue weighted by molar-refractivity contribution is -0.122. The minimum Gasteiger partial charge on any atom is -0.481 e. The molecule has 2 rings (SSSR count). The third kappa shape index (κ3) is 5.20. The van der Waals surface area contributed by atoms with Gasteiger partial charge in [0.25, 0.3) is 5.91 Å². The molecule has 2 aromatic carbocycles. The first-order chi connectivity index (χ1) is 11.7. The number of rotatable bonds is 6. The van der Waals surface area contributed by atoms with Crippen molar-refractivity contribution in [3.05, 3.63) is 53.0 Å². The Morgan fingerprint density at radius 2 is 1.76 bits per heavy atom. The van der Waals surface area contributed by atoms with Gasteiger partial charge in [0.05, 0.1) is 17.6 Å². The lowest BCUT2D eigenvalue weighted by Crippen LogP contribution is -2.30. The Bertz CT molecular complexity index is 853. The van der Waals surface area contributed by atoms with Gasteiger partial charge >= 0.3 is 0 Å². The largest absolute Gasteiger partial charge is 0.481 e. The van der Waals surface area contributed by atoms with Crippen LogP contribution in [0.5, 0.6) is 5.75 Å². The minimum absolute atomic E-state index is 0.288. The van der Waals surface area contributed by atoms with Gasteiger partial charge in [-0.15, -0.1) is 0 Å². The summed E-state index contributed by atoms with van der Waals surface area (Å²) in [6.45, 7) is 1.64. The Labute approximate surface area is 156 Å². The molecule has 1 N–H and O–H groups in total. The average Bonchev–Trinajstić information content (AvgIpc) is 2.56. The van der Waals surface area contributed by atoms with Gasteiger partial charge in [-0.05, 0) is 59.3 Å². The molecular weight excluding hydrogens is 408 g/mol. The molecule has 0 spiro atoms. The topological polar surface area (TPSA) is 75.7 Å². The second-order valence-corrected chi connectivity index (χ2v) is 8.32. The fourth-order valence-electron chi connectivity index (χ4n) is 1.98.